The number of Topliss-reactive ketones (excluding diaryl/α,β-unsaturated/α-hetero) is 1. The number of carbonyl (C=O) groups is 1. The average molecular weight is 372 g/mol. The standard InChI is InChI=1S/C19H24N4O2S/c1-12(24)18-4-13(11-26-18)8-23-9-14-5-16(17(25)6-15(14)10-23)22-19-7-20-2-3-21-19/h2-4,7,11,14-17,25H,5-6,8-10H2,1H3,(H,21,22)/t14-,15+,16-,17-/m1/s1. The van der Waals surface area contributed by atoms with Crippen molar-refractivity contribution in [1.29, 1.82) is 0 Å². The lowest BCUT2D eigenvalue weighted by atomic mass is 9.77. The molecule has 2 aromatic heterocycles. The van der Waals surface area contributed by atoms with E-state index < -0.39 is 0 Å². The molecule has 0 amide bonds. The Kier molecular flexibility index (Phi) is 5.02. The fourth-order valence-electron chi connectivity index (χ4n) is 4.28. The van der Waals surface area contributed by atoms with Gasteiger partial charge in [-0.2, -0.15) is 0 Å². The van der Waals surface area contributed by atoms with Gasteiger partial charge in [-0.1, -0.05) is 0 Å². The minimum atomic E-state index is -0.358. The molecule has 2 N–H and O–H groups in total. The molecule has 0 bridgehead atoms. The summed E-state index contributed by atoms with van der Waals surface area (Å²) in [5, 5.41) is 16.0. The van der Waals surface area contributed by atoms with Crippen molar-refractivity contribution < 1.29 is 9.90 Å². The van der Waals surface area contributed by atoms with Crippen molar-refractivity contribution in [3.8, 4) is 0 Å². The summed E-state index contributed by atoms with van der Waals surface area (Å²) in [6.07, 6.45) is 6.41. The van der Waals surface area contributed by atoms with Gasteiger partial charge < -0.3 is 10.4 Å². The van der Waals surface area contributed by atoms with Crippen molar-refractivity contribution in [1.82, 2.24) is 14.9 Å². The normalized spacial score (nSPS) is 28.7. The molecule has 6 nitrogen and oxygen atoms in total. The number of ketones is 1. The van der Waals surface area contributed by atoms with Crippen LogP contribution in [0.1, 0.15) is 35.0 Å². The van der Waals surface area contributed by atoms with E-state index in [-0.39, 0.29) is 17.9 Å². The maximum Gasteiger partial charge on any atom is 0.169 e. The summed E-state index contributed by atoms with van der Waals surface area (Å²) in [7, 11) is 0. The Morgan fingerprint density at radius 3 is 2.85 bits per heavy atom. The highest BCUT2D eigenvalue weighted by molar-refractivity contribution is 7.12. The van der Waals surface area contributed by atoms with Crippen LogP contribution in [0.3, 0.4) is 0 Å². The largest absolute Gasteiger partial charge is 0.391 e. The first-order chi connectivity index (χ1) is 12.6. The molecule has 0 unspecified atom stereocenters. The van der Waals surface area contributed by atoms with Gasteiger partial charge in [0, 0.05) is 32.0 Å². The number of aliphatic hydroxyl groups excluding tert-OH is 1. The second kappa shape index (κ2) is 7.42. The third-order valence-corrected chi connectivity index (χ3v) is 6.60. The van der Waals surface area contributed by atoms with Crippen molar-refractivity contribution in [2.45, 2.75) is 38.5 Å². The molecule has 138 valence electrons. The molecule has 4 atom stereocenters. The van der Waals surface area contributed by atoms with Gasteiger partial charge in [-0.05, 0) is 48.6 Å². The summed E-state index contributed by atoms with van der Waals surface area (Å²) in [5.74, 6) is 1.98. The molecule has 26 heavy (non-hydrogen) atoms. The summed E-state index contributed by atoms with van der Waals surface area (Å²) in [6, 6.07) is 2.04. The van der Waals surface area contributed by atoms with Crippen molar-refractivity contribution in [3.05, 3.63) is 40.5 Å². The Bertz CT molecular complexity index is 766. The Morgan fingerprint density at radius 1 is 1.35 bits per heavy atom. The lowest BCUT2D eigenvalue weighted by molar-refractivity contribution is 0.0735. The Morgan fingerprint density at radius 2 is 2.15 bits per heavy atom. The molecule has 1 aliphatic carbocycles. The van der Waals surface area contributed by atoms with Crippen LogP contribution in [-0.4, -0.2) is 51.0 Å². The second-order valence-electron chi connectivity index (χ2n) is 7.47. The van der Waals surface area contributed by atoms with Gasteiger partial charge in [-0.25, -0.2) is 4.98 Å². The number of nitrogens with one attached hydrogen (secondary N) is 1. The highest BCUT2D eigenvalue weighted by Gasteiger charge is 2.41. The first kappa shape index (κ1) is 17.6. The molecule has 1 saturated carbocycles. The van der Waals surface area contributed by atoms with Crippen molar-refractivity contribution >= 4 is 22.9 Å². The van der Waals surface area contributed by atoms with Gasteiger partial charge in [0.1, 0.15) is 5.82 Å². The maximum absolute atomic E-state index is 11.5. The number of aliphatic hydroxyl groups is 1. The van der Waals surface area contributed by atoms with E-state index in [2.05, 4.69) is 25.6 Å². The van der Waals surface area contributed by atoms with Gasteiger partial charge >= 0.3 is 0 Å². The topological polar surface area (TPSA) is 78.4 Å². The summed E-state index contributed by atoms with van der Waals surface area (Å²) < 4.78 is 0. The number of rotatable bonds is 5. The van der Waals surface area contributed by atoms with E-state index in [0.717, 1.165) is 43.2 Å². The quantitative estimate of drug-likeness (QED) is 0.785. The summed E-state index contributed by atoms with van der Waals surface area (Å²) in [5.41, 5.74) is 1.22. The molecule has 7 heteroatoms. The summed E-state index contributed by atoms with van der Waals surface area (Å²) in [4.78, 5) is 23.1. The predicted molar refractivity (Wildman–Crippen MR) is 101 cm³/mol. The number of likely N-dealkylation sites (tertiary alicyclic amines) is 1. The van der Waals surface area contributed by atoms with E-state index in [9.17, 15) is 9.90 Å². The van der Waals surface area contributed by atoms with Crippen LogP contribution in [0.4, 0.5) is 5.82 Å². The van der Waals surface area contributed by atoms with E-state index in [1.165, 1.54) is 16.9 Å². The lowest BCUT2D eigenvalue weighted by Crippen LogP contribution is -2.43. The number of fused-ring (bicyclic) bond motifs is 1. The molecule has 1 aliphatic heterocycles. The van der Waals surface area contributed by atoms with Crippen LogP contribution in [0, 0.1) is 11.8 Å². The average Bonchev–Trinajstić information content (AvgIpc) is 3.23. The van der Waals surface area contributed by atoms with Crippen LogP contribution in [0.25, 0.3) is 0 Å². The Balaban J connectivity index is 1.36. The van der Waals surface area contributed by atoms with Gasteiger partial charge in [0.05, 0.1) is 23.2 Å². The molecule has 0 spiro atoms. The first-order valence-electron chi connectivity index (χ1n) is 9.10. The van der Waals surface area contributed by atoms with Gasteiger partial charge in [0.15, 0.2) is 5.78 Å². The fraction of sp³-hybridized carbons (Fsp3) is 0.526. The summed E-state index contributed by atoms with van der Waals surface area (Å²) in [6.45, 7) is 4.56. The van der Waals surface area contributed by atoms with Crippen LogP contribution in [0.15, 0.2) is 30.0 Å². The van der Waals surface area contributed by atoms with Crippen molar-refractivity contribution in [3.63, 3.8) is 0 Å². The third-order valence-electron chi connectivity index (χ3n) is 5.52. The molecular weight excluding hydrogens is 348 g/mol. The SMILES string of the molecule is CC(=O)c1cc(CN2C[C@H]3C[C@@H](Nc4cnccn4)[C@H](O)C[C@H]3C2)cs1. The number of hydrogen-bond acceptors (Lipinski definition) is 7. The number of aromatic nitrogens is 2. The van der Waals surface area contributed by atoms with Crippen LogP contribution >= 0.6 is 11.3 Å². The zero-order chi connectivity index (χ0) is 18.1. The van der Waals surface area contributed by atoms with Crippen molar-refractivity contribution in [2.24, 2.45) is 11.8 Å². The number of hydrogen-bond donors (Lipinski definition) is 2. The first-order valence-corrected chi connectivity index (χ1v) is 9.98. The molecule has 0 aromatic carbocycles. The molecule has 2 aliphatic rings. The highest BCUT2D eigenvalue weighted by atomic mass is 32.1. The second-order valence-corrected chi connectivity index (χ2v) is 8.38. The number of carbonyl (C=O) groups excluding carboxylic acids is 1. The Labute approximate surface area is 157 Å². The molecule has 3 heterocycles. The number of anilines is 1. The number of thiophene rings is 1. The Hall–Kier alpha value is -1.83. The third kappa shape index (κ3) is 3.79. The molecule has 0 radical (unpaired) electrons. The summed E-state index contributed by atoms with van der Waals surface area (Å²) >= 11 is 1.53. The predicted octanol–water partition coefficient (Wildman–Crippen LogP) is 2.42. The lowest BCUT2D eigenvalue weighted by Gasteiger charge is -2.35. The van der Waals surface area contributed by atoms with Crippen LogP contribution in [0.2, 0.25) is 0 Å². The molecule has 4 rings (SSSR count). The van der Waals surface area contributed by atoms with Crippen LogP contribution in [0.5, 0.6) is 0 Å². The van der Waals surface area contributed by atoms with E-state index in [0.29, 0.717) is 11.8 Å². The van der Waals surface area contributed by atoms with E-state index in [1.54, 1.807) is 25.5 Å². The zero-order valence-corrected chi connectivity index (χ0v) is 15.7. The van der Waals surface area contributed by atoms with Crippen LogP contribution in [-0.2, 0) is 6.54 Å². The monoisotopic (exact) mass is 372 g/mol. The molecule has 2 aromatic rings. The minimum absolute atomic E-state index is 0.0263. The number of nitrogens with zero attached hydrogens (tertiary/aromatic N) is 3. The minimum Gasteiger partial charge on any atom is -0.391 e. The zero-order valence-electron chi connectivity index (χ0n) is 14.8. The molecule has 1 saturated heterocycles. The van der Waals surface area contributed by atoms with Gasteiger partial charge in [0.2, 0.25) is 0 Å². The van der Waals surface area contributed by atoms with Crippen LogP contribution < -0.4 is 5.32 Å². The fourth-order valence-corrected chi connectivity index (χ4v) is 5.08. The van der Waals surface area contributed by atoms with E-state index in [1.807, 2.05) is 6.07 Å². The van der Waals surface area contributed by atoms with Gasteiger partial charge in [-0.15, -0.1) is 11.3 Å². The van der Waals surface area contributed by atoms with Crippen molar-refractivity contribution in [2.75, 3.05) is 18.4 Å². The van der Waals surface area contributed by atoms with Gasteiger partial charge in [0.25, 0.3) is 0 Å². The smallest absolute Gasteiger partial charge is 0.169 e. The van der Waals surface area contributed by atoms with E-state index in [4.69, 9.17) is 0 Å². The maximum atomic E-state index is 11.5. The van der Waals surface area contributed by atoms with Gasteiger partial charge in [-0.3, -0.25) is 14.7 Å². The van der Waals surface area contributed by atoms with E-state index >= 15 is 0 Å². The highest BCUT2D eigenvalue weighted by Crippen LogP contribution is 2.38. The molecular formula is C19H24N4O2S. The molecule has 2 fully saturated rings.